The van der Waals surface area contributed by atoms with Crippen molar-refractivity contribution in [2.75, 3.05) is 32.5 Å². The number of nitrogens with one attached hydrogen (secondary N) is 2. The van der Waals surface area contributed by atoms with E-state index < -0.39 is 47.0 Å². The van der Waals surface area contributed by atoms with Gasteiger partial charge in [0.2, 0.25) is 23.6 Å². The summed E-state index contributed by atoms with van der Waals surface area (Å²) in [5, 5.41) is 2.75. The first-order valence-corrected chi connectivity index (χ1v) is 14.2. The molecule has 4 aliphatic heterocycles. The average Bonchev–Trinajstić information content (AvgIpc) is 3.49. The van der Waals surface area contributed by atoms with Crippen LogP contribution in [0.4, 0.5) is 0 Å². The molecule has 4 aliphatic rings. The highest BCUT2D eigenvalue weighted by atomic mass is 32.2. The highest BCUT2D eigenvalue weighted by Crippen LogP contribution is 2.26. The van der Waals surface area contributed by atoms with E-state index in [4.69, 9.17) is 4.74 Å². The second-order valence-corrected chi connectivity index (χ2v) is 11.1. The fourth-order valence-corrected chi connectivity index (χ4v) is 6.34. The topological polar surface area (TPSA) is 145 Å². The molecule has 0 saturated carbocycles. The molecule has 36 heavy (non-hydrogen) atoms. The van der Waals surface area contributed by atoms with Crippen LogP contribution in [0, 0.1) is 0 Å². The molecule has 2 N–H and O–H groups in total. The number of carbonyl (C=O) groups is 5. The lowest BCUT2D eigenvalue weighted by Crippen LogP contribution is -2.59. The van der Waals surface area contributed by atoms with Gasteiger partial charge in [-0.15, -0.1) is 0 Å². The molecular formula is C23H35N5O7S. The number of fused-ring (bicyclic) bond motifs is 3. The van der Waals surface area contributed by atoms with Gasteiger partial charge in [0.05, 0.1) is 17.4 Å². The van der Waals surface area contributed by atoms with Crippen LogP contribution in [0.5, 0.6) is 0 Å². The van der Waals surface area contributed by atoms with E-state index in [0.717, 1.165) is 12.8 Å². The van der Waals surface area contributed by atoms with Gasteiger partial charge in [-0.05, 0) is 45.4 Å². The molecule has 0 bridgehead atoms. The smallest absolute Gasteiger partial charge is 0.328 e. The Balaban J connectivity index is 1.62. The minimum atomic E-state index is -1.33. The minimum Gasteiger partial charge on any atom is -0.464 e. The molecule has 4 amide bonds. The van der Waals surface area contributed by atoms with Crippen LogP contribution < -0.4 is 10.0 Å². The van der Waals surface area contributed by atoms with Crippen LogP contribution >= 0.6 is 0 Å². The van der Waals surface area contributed by atoms with Crippen LogP contribution in [0.3, 0.4) is 0 Å². The second-order valence-electron chi connectivity index (χ2n) is 9.95. The van der Waals surface area contributed by atoms with Crippen molar-refractivity contribution in [2.24, 2.45) is 0 Å². The summed E-state index contributed by atoms with van der Waals surface area (Å²) in [5.41, 5.74) is 0. The van der Waals surface area contributed by atoms with Crippen LogP contribution in [0.2, 0.25) is 0 Å². The summed E-state index contributed by atoms with van der Waals surface area (Å²) in [5.74, 6) is -2.06. The third-order valence-corrected chi connectivity index (χ3v) is 8.09. The van der Waals surface area contributed by atoms with Crippen molar-refractivity contribution in [3.8, 4) is 0 Å². The molecule has 0 aromatic heterocycles. The fourth-order valence-electron chi connectivity index (χ4n) is 5.70. The Kier molecular flexibility index (Phi) is 8.28. The number of hydrogen-bond acceptors (Lipinski definition) is 7. The summed E-state index contributed by atoms with van der Waals surface area (Å²) in [4.78, 5) is 70.3. The lowest BCUT2D eigenvalue weighted by Gasteiger charge is -2.38. The van der Waals surface area contributed by atoms with Gasteiger partial charge in [-0.25, -0.2) is 13.7 Å². The van der Waals surface area contributed by atoms with Crippen LogP contribution in [0.25, 0.3) is 0 Å². The molecule has 0 aromatic carbocycles. The molecule has 4 heterocycles. The first kappa shape index (κ1) is 26.5. The maximum absolute atomic E-state index is 13.7. The number of nitrogens with zero attached hydrogens (tertiary/aromatic N) is 3. The maximum atomic E-state index is 13.7. The van der Waals surface area contributed by atoms with Crippen molar-refractivity contribution in [1.29, 1.82) is 0 Å². The molecule has 4 saturated heterocycles. The Morgan fingerprint density at radius 2 is 1.61 bits per heavy atom. The zero-order valence-electron chi connectivity index (χ0n) is 20.8. The van der Waals surface area contributed by atoms with Gasteiger partial charge in [-0.2, -0.15) is 0 Å². The van der Waals surface area contributed by atoms with Crippen molar-refractivity contribution in [2.45, 2.75) is 82.1 Å². The maximum Gasteiger partial charge on any atom is 0.328 e. The molecule has 13 heteroatoms. The molecule has 200 valence electrons. The zero-order valence-corrected chi connectivity index (χ0v) is 21.6. The number of piperidine rings is 1. The standard InChI is InChI=1S/C23H35N5O7S/c1-14-21(31)27-10-5-7-17(27)23(33)35-11-8-19(29)28-13-15(25-36(2)34)12-18(28)22(32)26-9-4-3-6-16(26)20(30)24-14/h14-18,25H,3-13H2,1-2H3,(H,24,30). The van der Waals surface area contributed by atoms with Crippen LogP contribution in [-0.2, 0) is 39.7 Å². The van der Waals surface area contributed by atoms with Gasteiger partial charge in [-0.3, -0.25) is 19.2 Å². The lowest BCUT2D eigenvalue weighted by atomic mass is 9.99. The fraction of sp³-hybridized carbons (Fsp3) is 0.783. The quantitative estimate of drug-likeness (QED) is 0.425. The second kappa shape index (κ2) is 11.2. The van der Waals surface area contributed by atoms with Crippen LogP contribution in [0.1, 0.15) is 51.9 Å². The number of rotatable bonds is 2. The molecule has 6 atom stereocenters. The summed E-state index contributed by atoms with van der Waals surface area (Å²) in [6.07, 6.45) is 4.69. The van der Waals surface area contributed by atoms with Crippen molar-refractivity contribution in [1.82, 2.24) is 24.7 Å². The monoisotopic (exact) mass is 525 g/mol. The van der Waals surface area contributed by atoms with Gasteiger partial charge in [0.25, 0.3) is 0 Å². The highest BCUT2D eigenvalue weighted by Gasteiger charge is 2.45. The van der Waals surface area contributed by atoms with Crippen molar-refractivity contribution in [3.63, 3.8) is 0 Å². The molecule has 12 nitrogen and oxygen atoms in total. The number of ether oxygens (including phenoxy) is 1. The third-order valence-electron chi connectivity index (χ3n) is 7.43. The van der Waals surface area contributed by atoms with E-state index in [2.05, 4.69) is 10.0 Å². The first-order chi connectivity index (χ1) is 17.2. The van der Waals surface area contributed by atoms with E-state index in [0.29, 0.717) is 32.4 Å². The van der Waals surface area contributed by atoms with Crippen molar-refractivity contribution < 1.29 is 32.9 Å². The molecule has 0 aliphatic carbocycles. The molecule has 4 fully saturated rings. The van der Waals surface area contributed by atoms with Gasteiger partial charge >= 0.3 is 5.97 Å². The Bertz CT molecular complexity index is 946. The van der Waals surface area contributed by atoms with E-state index in [1.807, 2.05) is 0 Å². The Morgan fingerprint density at radius 1 is 0.917 bits per heavy atom. The molecule has 0 spiro atoms. The van der Waals surface area contributed by atoms with E-state index in [1.54, 1.807) is 6.92 Å². The molecule has 4 rings (SSSR count). The van der Waals surface area contributed by atoms with Crippen molar-refractivity contribution >= 4 is 40.6 Å². The lowest BCUT2D eigenvalue weighted by molar-refractivity contribution is -0.156. The first-order valence-electron chi connectivity index (χ1n) is 12.6. The Morgan fingerprint density at radius 3 is 2.36 bits per heavy atom. The number of hydrogen-bond donors (Lipinski definition) is 2. The van der Waals surface area contributed by atoms with Crippen molar-refractivity contribution in [3.05, 3.63) is 0 Å². The Hall–Kier alpha value is -2.54. The van der Waals surface area contributed by atoms with E-state index >= 15 is 0 Å². The third kappa shape index (κ3) is 5.56. The molecule has 0 aromatic rings. The van der Waals surface area contributed by atoms with E-state index in [-0.39, 0.29) is 49.8 Å². The minimum absolute atomic E-state index is 0.113. The normalized spacial score (nSPS) is 33.6. The van der Waals surface area contributed by atoms with Gasteiger partial charge in [-0.1, -0.05) is 0 Å². The predicted molar refractivity (Wildman–Crippen MR) is 128 cm³/mol. The summed E-state index contributed by atoms with van der Waals surface area (Å²) in [7, 11) is -1.33. The van der Waals surface area contributed by atoms with E-state index in [9.17, 15) is 28.2 Å². The zero-order chi connectivity index (χ0) is 26.0. The number of cyclic esters (lactones) is 1. The van der Waals surface area contributed by atoms with Gasteiger partial charge in [0, 0.05) is 31.9 Å². The molecule has 6 unspecified atom stereocenters. The molecule has 0 radical (unpaired) electrons. The summed E-state index contributed by atoms with van der Waals surface area (Å²) >= 11 is 0. The van der Waals surface area contributed by atoms with Crippen LogP contribution in [0.15, 0.2) is 0 Å². The summed E-state index contributed by atoms with van der Waals surface area (Å²) < 4.78 is 20.0. The Labute approximate surface area is 213 Å². The van der Waals surface area contributed by atoms with E-state index in [1.165, 1.54) is 21.0 Å². The van der Waals surface area contributed by atoms with Gasteiger partial charge < -0.3 is 24.8 Å². The highest BCUT2D eigenvalue weighted by molar-refractivity contribution is 7.82. The SMILES string of the molecule is CC1NC(=O)C2CCCCN2C(=O)C2CC(NS(C)=O)CN2C(=O)CCOC(=O)C2CCCN2C1=O. The average molecular weight is 526 g/mol. The summed E-state index contributed by atoms with van der Waals surface area (Å²) in [6.45, 7) is 2.37. The molecular weight excluding hydrogens is 490 g/mol. The van der Waals surface area contributed by atoms with Crippen LogP contribution in [-0.4, -0.2) is 111 Å². The van der Waals surface area contributed by atoms with Gasteiger partial charge in [0.15, 0.2) is 0 Å². The summed E-state index contributed by atoms with van der Waals surface area (Å²) in [6, 6.07) is -3.53. The number of carbonyl (C=O) groups excluding carboxylic acids is 5. The van der Waals surface area contributed by atoms with Gasteiger partial charge in [0.1, 0.15) is 30.8 Å². The number of esters is 1. The number of amides is 4. The predicted octanol–water partition coefficient (Wildman–Crippen LogP) is -1.34. The largest absolute Gasteiger partial charge is 0.464 e.